The molecule has 104 valence electrons. The average molecular weight is 357 g/mol. The van der Waals surface area contributed by atoms with E-state index in [0.29, 0.717) is 6.54 Å². The number of halogens is 1. The highest BCUT2D eigenvalue weighted by Gasteiger charge is 2.22. The fourth-order valence-corrected chi connectivity index (χ4v) is 4.09. The van der Waals surface area contributed by atoms with Gasteiger partial charge in [0.2, 0.25) is 5.03 Å². The smallest absolute Gasteiger partial charge is 0.235 e. The molecule has 0 atom stereocenters. The van der Waals surface area contributed by atoms with Crippen LogP contribution in [0.25, 0.3) is 0 Å². The van der Waals surface area contributed by atoms with Gasteiger partial charge in [-0.1, -0.05) is 11.6 Å². The molecular weight excluding hydrogens is 340 g/mol. The summed E-state index contributed by atoms with van der Waals surface area (Å²) in [5.41, 5.74) is 0. The molecule has 1 aromatic rings. The van der Waals surface area contributed by atoms with Crippen molar-refractivity contribution >= 4 is 37.7 Å². The predicted molar refractivity (Wildman–Crippen MR) is 76.1 cm³/mol. The molecule has 1 heterocycles. The van der Waals surface area contributed by atoms with Crippen LogP contribution in [0.1, 0.15) is 19.3 Å². The van der Waals surface area contributed by atoms with Gasteiger partial charge in [-0.15, -0.1) is 5.10 Å². The number of nitrogens with one attached hydrogen (secondary N) is 1. The summed E-state index contributed by atoms with van der Waals surface area (Å²) < 4.78 is 28.0. The third-order valence-corrected chi connectivity index (χ3v) is 5.35. The topological polar surface area (TPSA) is 76.9 Å². The van der Waals surface area contributed by atoms with Crippen molar-refractivity contribution in [2.75, 3.05) is 18.6 Å². The van der Waals surface area contributed by atoms with Crippen molar-refractivity contribution in [3.8, 4) is 0 Å². The van der Waals surface area contributed by atoms with Gasteiger partial charge in [-0.05, 0) is 40.8 Å². The summed E-state index contributed by atoms with van der Waals surface area (Å²) in [6.07, 6.45) is 5.03. The Balaban J connectivity index is 2.46. The first-order valence-corrected chi connectivity index (χ1v) is 9.20. The number of unbranched alkanes of at least 4 members (excludes halogenated alkanes) is 2. The van der Waals surface area contributed by atoms with Crippen LogP contribution in [0.15, 0.2) is 9.63 Å². The normalized spacial score (nSPS) is 11.9. The van der Waals surface area contributed by atoms with Crippen molar-refractivity contribution in [1.82, 2.24) is 19.7 Å². The molecule has 0 saturated carbocycles. The second-order valence-electron chi connectivity index (χ2n) is 3.76. The van der Waals surface area contributed by atoms with Crippen LogP contribution < -0.4 is 4.72 Å². The molecule has 0 radical (unpaired) electrons. The third-order valence-electron chi connectivity index (χ3n) is 2.31. The van der Waals surface area contributed by atoms with Gasteiger partial charge in [0.15, 0.2) is 4.60 Å². The van der Waals surface area contributed by atoms with Crippen LogP contribution in [0, 0.1) is 0 Å². The molecule has 9 heteroatoms. The van der Waals surface area contributed by atoms with E-state index in [0.717, 1.165) is 25.0 Å². The van der Waals surface area contributed by atoms with E-state index in [-0.39, 0.29) is 9.63 Å². The van der Waals surface area contributed by atoms with Gasteiger partial charge in [0.05, 0.1) is 0 Å². The number of nitrogens with zero attached hydrogens (tertiary/aromatic N) is 3. The largest absolute Gasteiger partial charge is 0.260 e. The standard InChI is InChI=1S/C9H17BrN4O2S2/c1-14-9(8(10)12-13-14)18(15,16)11-6-4-3-5-7-17-2/h11H,3-7H2,1-2H3. The Morgan fingerprint density at radius 2 is 2.11 bits per heavy atom. The lowest BCUT2D eigenvalue weighted by atomic mass is 10.2. The van der Waals surface area contributed by atoms with E-state index >= 15 is 0 Å². The first-order valence-electron chi connectivity index (χ1n) is 5.53. The van der Waals surface area contributed by atoms with Crippen LogP contribution in [0.4, 0.5) is 0 Å². The van der Waals surface area contributed by atoms with Crippen LogP contribution in [0.3, 0.4) is 0 Å². The van der Waals surface area contributed by atoms with Crippen molar-refractivity contribution in [2.45, 2.75) is 24.3 Å². The molecule has 1 rings (SSSR count). The summed E-state index contributed by atoms with van der Waals surface area (Å²) in [6, 6.07) is 0. The van der Waals surface area contributed by atoms with E-state index in [4.69, 9.17) is 0 Å². The molecule has 1 aromatic heterocycles. The van der Waals surface area contributed by atoms with Gasteiger partial charge in [0.25, 0.3) is 10.0 Å². The minimum Gasteiger partial charge on any atom is -0.235 e. The molecule has 0 saturated heterocycles. The molecule has 0 amide bonds. The maximum absolute atomic E-state index is 12.0. The Labute approximate surface area is 120 Å². The van der Waals surface area contributed by atoms with Crippen LogP contribution >= 0.6 is 27.7 Å². The molecule has 6 nitrogen and oxygen atoms in total. The second kappa shape index (κ2) is 7.46. The highest BCUT2D eigenvalue weighted by Crippen LogP contribution is 2.17. The Morgan fingerprint density at radius 3 is 2.67 bits per heavy atom. The predicted octanol–water partition coefficient (Wildman–Crippen LogP) is 1.39. The fourth-order valence-electron chi connectivity index (χ4n) is 1.43. The third kappa shape index (κ3) is 4.52. The fraction of sp³-hybridized carbons (Fsp3) is 0.778. The number of hydrogen-bond acceptors (Lipinski definition) is 5. The maximum atomic E-state index is 12.0. The van der Waals surface area contributed by atoms with Crippen molar-refractivity contribution in [3.63, 3.8) is 0 Å². The Bertz CT molecular complexity index is 455. The zero-order chi connectivity index (χ0) is 13.6. The molecule has 0 aliphatic carbocycles. The summed E-state index contributed by atoms with van der Waals surface area (Å²) in [7, 11) is -1.99. The van der Waals surface area contributed by atoms with Gasteiger partial charge in [0.1, 0.15) is 0 Å². The highest BCUT2D eigenvalue weighted by atomic mass is 79.9. The lowest BCUT2D eigenvalue weighted by molar-refractivity contribution is 0.556. The zero-order valence-electron chi connectivity index (χ0n) is 10.4. The molecule has 1 N–H and O–H groups in total. The number of rotatable bonds is 8. The minimum absolute atomic E-state index is 0.0617. The summed E-state index contributed by atoms with van der Waals surface area (Å²) in [4.78, 5) is 0. The van der Waals surface area contributed by atoms with Crippen molar-refractivity contribution in [3.05, 3.63) is 4.60 Å². The number of sulfonamides is 1. The Kier molecular flexibility index (Phi) is 6.61. The molecule has 0 unspecified atom stereocenters. The van der Waals surface area contributed by atoms with E-state index in [1.54, 1.807) is 18.8 Å². The summed E-state index contributed by atoms with van der Waals surface area (Å²) >= 11 is 4.88. The molecule has 0 aliphatic rings. The molecule has 0 aromatic carbocycles. The number of thioether (sulfide) groups is 1. The van der Waals surface area contributed by atoms with E-state index in [9.17, 15) is 8.42 Å². The van der Waals surface area contributed by atoms with Crippen LogP contribution in [-0.4, -0.2) is 42.0 Å². The van der Waals surface area contributed by atoms with E-state index in [1.807, 2.05) is 0 Å². The monoisotopic (exact) mass is 356 g/mol. The van der Waals surface area contributed by atoms with Gasteiger partial charge < -0.3 is 0 Å². The summed E-state index contributed by atoms with van der Waals surface area (Å²) in [5.74, 6) is 1.12. The second-order valence-corrected chi connectivity index (χ2v) is 7.18. The quantitative estimate of drug-likeness (QED) is 0.712. The first kappa shape index (κ1) is 15.9. The maximum Gasteiger partial charge on any atom is 0.260 e. The molecule has 0 fully saturated rings. The lowest BCUT2D eigenvalue weighted by Gasteiger charge is -2.06. The minimum atomic E-state index is -3.54. The number of aryl methyl sites for hydroxylation is 1. The van der Waals surface area contributed by atoms with Gasteiger partial charge in [0, 0.05) is 13.6 Å². The van der Waals surface area contributed by atoms with Crippen LogP contribution in [0.5, 0.6) is 0 Å². The van der Waals surface area contributed by atoms with E-state index in [2.05, 4.69) is 37.2 Å². The van der Waals surface area contributed by atoms with E-state index < -0.39 is 10.0 Å². The molecule has 0 bridgehead atoms. The highest BCUT2D eigenvalue weighted by molar-refractivity contribution is 9.10. The van der Waals surface area contributed by atoms with Gasteiger partial charge >= 0.3 is 0 Å². The molecule has 0 spiro atoms. The molecule has 18 heavy (non-hydrogen) atoms. The van der Waals surface area contributed by atoms with Gasteiger partial charge in [-0.2, -0.15) is 11.8 Å². The van der Waals surface area contributed by atoms with Gasteiger partial charge in [-0.25, -0.2) is 17.8 Å². The Hall–Kier alpha value is -0.120. The average Bonchev–Trinajstić information content (AvgIpc) is 2.64. The zero-order valence-corrected chi connectivity index (χ0v) is 13.6. The first-order chi connectivity index (χ1) is 8.49. The van der Waals surface area contributed by atoms with Crippen molar-refractivity contribution in [2.24, 2.45) is 7.05 Å². The Morgan fingerprint density at radius 1 is 1.39 bits per heavy atom. The number of aromatic nitrogens is 3. The molecular formula is C9H17BrN4O2S2. The summed E-state index contributed by atoms with van der Waals surface area (Å²) in [5, 5.41) is 7.37. The SMILES string of the molecule is CSCCCCCNS(=O)(=O)c1c(Br)nnn1C. The van der Waals surface area contributed by atoms with Crippen molar-refractivity contribution < 1.29 is 8.42 Å². The van der Waals surface area contributed by atoms with Crippen molar-refractivity contribution in [1.29, 1.82) is 0 Å². The number of hydrogen-bond donors (Lipinski definition) is 1. The summed E-state index contributed by atoms with van der Waals surface area (Å²) in [6.45, 7) is 0.439. The molecule has 0 aliphatic heterocycles. The lowest BCUT2D eigenvalue weighted by Crippen LogP contribution is -2.27. The van der Waals surface area contributed by atoms with Crippen LogP contribution in [0.2, 0.25) is 0 Å². The van der Waals surface area contributed by atoms with Crippen LogP contribution in [-0.2, 0) is 17.1 Å². The van der Waals surface area contributed by atoms with Gasteiger partial charge in [-0.3, -0.25) is 0 Å². The van der Waals surface area contributed by atoms with E-state index in [1.165, 1.54) is 4.68 Å².